The Bertz CT molecular complexity index is 470. The monoisotopic (exact) mass is 176 g/mol. The van der Waals surface area contributed by atoms with Crippen molar-refractivity contribution < 1.29 is 0 Å². The summed E-state index contributed by atoms with van der Waals surface area (Å²) in [5, 5.41) is 4.15. The van der Waals surface area contributed by atoms with Gasteiger partial charge in [-0.15, -0.1) is 5.10 Å². The molecule has 0 atom stereocenters. The molecule has 0 aliphatic heterocycles. The minimum absolute atomic E-state index is 0.553. The van der Waals surface area contributed by atoms with E-state index in [-0.39, 0.29) is 0 Å². The number of fused-ring (bicyclic) bond motifs is 1. The van der Waals surface area contributed by atoms with Crippen LogP contribution in [0.1, 0.15) is 16.8 Å². The quantitative estimate of drug-likeness (QED) is 0.657. The molecule has 0 saturated heterocycles. The number of aryl methyl sites for hydroxylation is 3. The van der Waals surface area contributed by atoms with Crippen LogP contribution in [0.4, 0.5) is 5.82 Å². The van der Waals surface area contributed by atoms with Crippen LogP contribution in [0.5, 0.6) is 0 Å². The molecule has 0 unspecified atom stereocenters. The number of nitrogen functional groups attached to an aromatic ring is 1. The van der Waals surface area contributed by atoms with Gasteiger partial charge in [0.15, 0.2) is 11.5 Å². The molecule has 2 aromatic rings. The first-order chi connectivity index (χ1) is 6.09. The smallest absolute Gasteiger partial charge is 0.160 e. The van der Waals surface area contributed by atoms with Crippen molar-refractivity contribution in [3.8, 4) is 0 Å². The van der Waals surface area contributed by atoms with Gasteiger partial charge in [-0.2, -0.15) is 0 Å². The number of hydrogen-bond acceptors (Lipinski definition) is 3. The van der Waals surface area contributed by atoms with Gasteiger partial charge in [0.25, 0.3) is 0 Å². The number of nitrogens with zero attached hydrogens (tertiary/aromatic N) is 3. The van der Waals surface area contributed by atoms with Gasteiger partial charge in [-0.1, -0.05) is 0 Å². The van der Waals surface area contributed by atoms with E-state index < -0.39 is 0 Å². The SMILES string of the molecule is Cc1cn2nc(N)c(C)c2nc1C. The zero-order chi connectivity index (χ0) is 9.59. The first kappa shape index (κ1) is 8.04. The molecule has 0 aliphatic rings. The van der Waals surface area contributed by atoms with E-state index in [2.05, 4.69) is 10.1 Å². The predicted molar refractivity (Wildman–Crippen MR) is 51.6 cm³/mol. The topological polar surface area (TPSA) is 56.2 Å². The van der Waals surface area contributed by atoms with Crippen LogP contribution in [-0.4, -0.2) is 14.6 Å². The maximum absolute atomic E-state index is 5.68. The van der Waals surface area contributed by atoms with Crippen molar-refractivity contribution >= 4 is 11.5 Å². The lowest BCUT2D eigenvalue weighted by atomic mass is 10.3. The largest absolute Gasteiger partial charge is 0.382 e. The van der Waals surface area contributed by atoms with Crippen LogP contribution in [0, 0.1) is 20.8 Å². The summed E-state index contributed by atoms with van der Waals surface area (Å²) in [6.07, 6.45) is 1.95. The summed E-state index contributed by atoms with van der Waals surface area (Å²) in [5.41, 5.74) is 9.62. The Hall–Kier alpha value is -1.58. The second kappa shape index (κ2) is 2.45. The van der Waals surface area contributed by atoms with Crippen molar-refractivity contribution in [3.63, 3.8) is 0 Å². The van der Waals surface area contributed by atoms with Crippen molar-refractivity contribution in [2.45, 2.75) is 20.8 Å². The summed E-state index contributed by atoms with van der Waals surface area (Å²) in [4.78, 5) is 4.42. The Labute approximate surface area is 76.4 Å². The first-order valence-electron chi connectivity index (χ1n) is 4.18. The van der Waals surface area contributed by atoms with Gasteiger partial charge in [0.1, 0.15) is 0 Å². The molecule has 68 valence electrons. The van der Waals surface area contributed by atoms with Gasteiger partial charge in [0, 0.05) is 17.5 Å². The summed E-state index contributed by atoms with van der Waals surface area (Å²) in [6, 6.07) is 0. The van der Waals surface area contributed by atoms with Gasteiger partial charge in [-0.3, -0.25) is 0 Å². The molecule has 13 heavy (non-hydrogen) atoms. The third-order valence-electron chi connectivity index (χ3n) is 2.31. The molecule has 0 aromatic carbocycles. The molecular formula is C9H12N4. The molecule has 0 saturated carbocycles. The van der Waals surface area contributed by atoms with E-state index in [1.807, 2.05) is 27.0 Å². The highest BCUT2D eigenvalue weighted by Gasteiger charge is 2.07. The van der Waals surface area contributed by atoms with Crippen molar-refractivity contribution in [1.82, 2.24) is 14.6 Å². The Morgan fingerprint density at radius 3 is 2.69 bits per heavy atom. The minimum atomic E-state index is 0.553. The summed E-state index contributed by atoms with van der Waals surface area (Å²) in [5.74, 6) is 0.553. The lowest BCUT2D eigenvalue weighted by molar-refractivity contribution is 0.919. The minimum Gasteiger partial charge on any atom is -0.382 e. The molecule has 0 spiro atoms. The molecule has 0 radical (unpaired) electrons. The molecule has 2 N–H and O–H groups in total. The molecule has 4 heteroatoms. The van der Waals surface area contributed by atoms with Gasteiger partial charge >= 0.3 is 0 Å². The Morgan fingerprint density at radius 1 is 1.31 bits per heavy atom. The molecule has 0 amide bonds. The van der Waals surface area contributed by atoms with E-state index in [9.17, 15) is 0 Å². The molecule has 0 fully saturated rings. The summed E-state index contributed by atoms with van der Waals surface area (Å²) >= 11 is 0. The van der Waals surface area contributed by atoms with E-state index in [1.54, 1.807) is 4.52 Å². The molecule has 2 rings (SSSR count). The van der Waals surface area contributed by atoms with E-state index in [4.69, 9.17) is 5.73 Å². The van der Waals surface area contributed by atoms with Crippen LogP contribution in [-0.2, 0) is 0 Å². The lowest BCUT2D eigenvalue weighted by Crippen LogP contribution is -1.95. The average molecular weight is 176 g/mol. The highest BCUT2D eigenvalue weighted by Crippen LogP contribution is 2.15. The van der Waals surface area contributed by atoms with E-state index in [0.29, 0.717) is 5.82 Å². The number of hydrogen-bond donors (Lipinski definition) is 1. The van der Waals surface area contributed by atoms with Crippen molar-refractivity contribution in [2.24, 2.45) is 0 Å². The van der Waals surface area contributed by atoms with Gasteiger partial charge in [-0.05, 0) is 26.3 Å². The van der Waals surface area contributed by atoms with Gasteiger partial charge in [0.2, 0.25) is 0 Å². The van der Waals surface area contributed by atoms with Crippen LogP contribution < -0.4 is 5.73 Å². The molecule has 0 aliphatic carbocycles. The van der Waals surface area contributed by atoms with Crippen LogP contribution in [0.15, 0.2) is 6.20 Å². The fourth-order valence-corrected chi connectivity index (χ4v) is 1.27. The highest BCUT2D eigenvalue weighted by atomic mass is 15.3. The van der Waals surface area contributed by atoms with Gasteiger partial charge in [0.05, 0.1) is 0 Å². The number of aromatic nitrogens is 3. The van der Waals surface area contributed by atoms with Crippen molar-refractivity contribution in [1.29, 1.82) is 0 Å². The Kier molecular flexibility index (Phi) is 1.52. The fourth-order valence-electron chi connectivity index (χ4n) is 1.27. The fraction of sp³-hybridized carbons (Fsp3) is 0.333. The lowest BCUT2D eigenvalue weighted by Gasteiger charge is -1.99. The van der Waals surface area contributed by atoms with Crippen LogP contribution >= 0.6 is 0 Å². The predicted octanol–water partition coefficient (Wildman–Crippen LogP) is 1.24. The third kappa shape index (κ3) is 1.06. The number of anilines is 1. The summed E-state index contributed by atoms with van der Waals surface area (Å²) in [7, 11) is 0. The maximum Gasteiger partial charge on any atom is 0.160 e. The molecule has 2 heterocycles. The maximum atomic E-state index is 5.68. The second-order valence-corrected chi connectivity index (χ2v) is 3.29. The first-order valence-corrected chi connectivity index (χ1v) is 4.18. The van der Waals surface area contributed by atoms with Crippen LogP contribution in [0.3, 0.4) is 0 Å². The number of nitrogens with two attached hydrogens (primary N) is 1. The molecule has 4 nitrogen and oxygen atoms in total. The summed E-state index contributed by atoms with van der Waals surface area (Å²) in [6.45, 7) is 5.92. The van der Waals surface area contributed by atoms with Gasteiger partial charge < -0.3 is 5.73 Å². The highest BCUT2D eigenvalue weighted by molar-refractivity contribution is 5.58. The zero-order valence-corrected chi connectivity index (χ0v) is 8.00. The van der Waals surface area contributed by atoms with E-state index in [1.165, 1.54) is 0 Å². The Balaban J connectivity index is 2.89. The van der Waals surface area contributed by atoms with Gasteiger partial charge in [-0.25, -0.2) is 9.50 Å². The molecule has 2 aromatic heterocycles. The third-order valence-corrected chi connectivity index (χ3v) is 2.31. The second-order valence-electron chi connectivity index (χ2n) is 3.29. The zero-order valence-electron chi connectivity index (χ0n) is 8.00. The van der Waals surface area contributed by atoms with E-state index >= 15 is 0 Å². The van der Waals surface area contributed by atoms with Crippen molar-refractivity contribution in [3.05, 3.63) is 23.0 Å². The Morgan fingerprint density at radius 2 is 2.00 bits per heavy atom. The molecule has 0 bridgehead atoms. The molecular weight excluding hydrogens is 164 g/mol. The van der Waals surface area contributed by atoms with E-state index in [0.717, 1.165) is 22.5 Å². The number of rotatable bonds is 0. The average Bonchev–Trinajstić information content (AvgIpc) is 2.32. The van der Waals surface area contributed by atoms with Crippen LogP contribution in [0.2, 0.25) is 0 Å². The van der Waals surface area contributed by atoms with Crippen LogP contribution in [0.25, 0.3) is 5.65 Å². The normalized spacial score (nSPS) is 11.0. The van der Waals surface area contributed by atoms with Crippen molar-refractivity contribution in [2.75, 3.05) is 5.73 Å². The summed E-state index contributed by atoms with van der Waals surface area (Å²) < 4.78 is 1.73. The standard InChI is InChI=1S/C9H12N4/c1-5-4-13-9(11-7(5)3)6(2)8(10)12-13/h4H,1-3H3,(H2,10,12).